The molecule has 0 saturated carbocycles. The Labute approximate surface area is 170 Å². The van der Waals surface area contributed by atoms with Crippen LogP contribution in [0.5, 0.6) is 11.5 Å². The summed E-state index contributed by atoms with van der Waals surface area (Å²) < 4.78 is 16.0. The molecule has 0 saturated heterocycles. The minimum absolute atomic E-state index is 0.212. The second kappa shape index (κ2) is 10.3. The Balaban J connectivity index is 1.43. The molecule has 2 aromatic carbocycles. The average molecular weight is 395 g/mol. The van der Waals surface area contributed by atoms with Crippen molar-refractivity contribution in [1.29, 1.82) is 0 Å². The van der Waals surface area contributed by atoms with Gasteiger partial charge in [-0.25, -0.2) is 4.79 Å². The molecule has 0 fully saturated rings. The number of para-hydroxylation sites is 2. The number of carbonyl (C=O) groups excluding carboxylic acids is 2. The average Bonchev–Trinajstić information content (AvgIpc) is 2.78. The molecule has 0 bridgehead atoms. The molecule has 6 heteroatoms. The summed E-state index contributed by atoms with van der Waals surface area (Å²) in [5.41, 5.74) is 2.41. The van der Waals surface area contributed by atoms with Gasteiger partial charge in [-0.05, 0) is 36.6 Å². The van der Waals surface area contributed by atoms with Crippen molar-refractivity contribution in [1.82, 2.24) is 4.90 Å². The molecule has 0 radical (unpaired) electrons. The predicted molar refractivity (Wildman–Crippen MR) is 110 cm³/mol. The van der Waals surface area contributed by atoms with E-state index in [9.17, 15) is 9.59 Å². The van der Waals surface area contributed by atoms with Crippen molar-refractivity contribution < 1.29 is 23.8 Å². The number of benzene rings is 2. The lowest BCUT2D eigenvalue weighted by Crippen LogP contribution is -2.38. The van der Waals surface area contributed by atoms with Gasteiger partial charge in [0.05, 0.1) is 6.61 Å². The first-order chi connectivity index (χ1) is 14.2. The molecule has 1 aliphatic rings. The summed E-state index contributed by atoms with van der Waals surface area (Å²) in [7, 11) is 0. The number of amides is 1. The van der Waals surface area contributed by atoms with Gasteiger partial charge < -0.3 is 19.1 Å². The van der Waals surface area contributed by atoms with Crippen LogP contribution < -0.4 is 9.47 Å². The number of rotatable bonds is 8. The third-order valence-electron chi connectivity index (χ3n) is 4.56. The Morgan fingerprint density at radius 3 is 2.28 bits per heavy atom. The summed E-state index contributed by atoms with van der Waals surface area (Å²) in [5.74, 6) is 0.221. The van der Waals surface area contributed by atoms with Crippen molar-refractivity contribution in [3.05, 3.63) is 66.2 Å². The van der Waals surface area contributed by atoms with E-state index in [4.69, 9.17) is 14.2 Å². The normalized spacial score (nSPS) is 13.4. The molecule has 0 aliphatic carbocycles. The molecule has 0 N–H and O–H groups in total. The van der Waals surface area contributed by atoms with Gasteiger partial charge in [0.1, 0.15) is 0 Å². The van der Waals surface area contributed by atoms with E-state index in [1.165, 1.54) is 11.1 Å². The van der Waals surface area contributed by atoms with E-state index in [1.807, 2.05) is 37.3 Å². The lowest BCUT2D eigenvalue weighted by Gasteiger charge is -2.26. The largest absolute Gasteiger partial charge is 0.490 e. The SMILES string of the molecule is CCOc1ccccc1OCC(=O)OCC(=O)N1CC=C(c2ccccc2)CC1. The Morgan fingerprint density at radius 2 is 1.62 bits per heavy atom. The highest BCUT2D eigenvalue weighted by Gasteiger charge is 2.19. The summed E-state index contributed by atoms with van der Waals surface area (Å²) in [4.78, 5) is 25.9. The third-order valence-corrected chi connectivity index (χ3v) is 4.56. The molecule has 0 unspecified atom stereocenters. The highest BCUT2D eigenvalue weighted by Crippen LogP contribution is 2.26. The number of nitrogens with zero attached hydrogens (tertiary/aromatic N) is 1. The summed E-state index contributed by atoms with van der Waals surface area (Å²) in [6, 6.07) is 17.2. The van der Waals surface area contributed by atoms with Crippen LogP contribution in [0, 0.1) is 0 Å². The van der Waals surface area contributed by atoms with Crippen LogP contribution in [0.2, 0.25) is 0 Å². The standard InChI is InChI=1S/C23H25NO5/c1-2-27-20-10-6-7-11-21(20)28-17-23(26)29-16-22(25)24-14-12-19(13-15-24)18-8-4-3-5-9-18/h3-12H,2,13-17H2,1H3. The second-order valence-electron chi connectivity index (χ2n) is 6.51. The van der Waals surface area contributed by atoms with Crippen molar-refractivity contribution in [3.63, 3.8) is 0 Å². The van der Waals surface area contributed by atoms with Crippen LogP contribution in [0.3, 0.4) is 0 Å². The van der Waals surface area contributed by atoms with Crippen LogP contribution in [-0.4, -0.2) is 49.7 Å². The van der Waals surface area contributed by atoms with Crippen molar-refractivity contribution in [2.75, 3.05) is 32.9 Å². The quantitative estimate of drug-likeness (QED) is 0.642. The van der Waals surface area contributed by atoms with E-state index < -0.39 is 5.97 Å². The first kappa shape index (κ1) is 20.5. The van der Waals surface area contributed by atoms with E-state index in [0.717, 1.165) is 6.42 Å². The summed E-state index contributed by atoms with van der Waals surface area (Å²) in [5, 5.41) is 0. The van der Waals surface area contributed by atoms with Gasteiger partial charge in [-0.1, -0.05) is 48.5 Å². The molecule has 2 aromatic rings. The van der Waals surface area contributed by atoms with Gasteiger partial charge in [0.25, 0.3) is 5.91 Å². The topological polar surface area (TPSA) is 65.1 Å². The molecule has 152 valence electrons. The van der Waals surface area contributed by atoms with Crippen molar-refractivity contribution >= 4 is 17.4 Å². The van der Waals surface area contributed by atoms with Crippen LogP contribution in [0.4, 0.5) is 0 Å². The maximum atomic E-state index is 12.3. The number of hydrogen-bond acceptors (Lipinski definition) is 5. The zero-order chi connectivity index (χ0) is 20.5. The van der Waals surface area contributed by atoms with Crippen LogP contribution in [-0.2, 0) is 14.3 Å². The van der Waals surface area contributed by atoms with Crippen molar-refractivity contribution in [3.8, 4) is 11.5 Å². The molecule has 29 heavy (non-hydrogen) atoms. The van der Waals surface area contributed by atoms with Gasteiger partial charge in [0, 0.05) is 13.1 Å². The van der Waals surface area contributed by atoms with Gasteiger partial charge in [-0.15, -0.1) is 0 Å². The van der Waals surface area contributed by atoms with Crippen LogP contribution in [0.1, 0.15) is 18.9 Å². The van der Waals surface area contributed by atoms with E-state index in [0.29, 0.717) is 31.2 Å². The smallest absolute Gasteiger partial charge is 0.344 e. The number of hydrogen-bond donors (Lipinski definition) is 0. The molecule has 1 amide bonds. The van der Waals surface area contributed by atoms with Crippen LogP contribution in [0.15, 0.2) is 60.7 Å². The van der Waals surface area contributed by atoms with E-state index in [-0.39, 0.29) is 19.1 Å². The predicted octanol–water partition coefficient (Wildman–Crippen LogP) is 3.32. The maximum Gasteiger partial charge on any atom is 0.344 e. The first-order valence-electron chi connectivity index (χ1n) is 9.70. The second-order valence-corrected chi connectivity index (χ2v) is 6.51. The summed E-state index contributed by atoms with van der Waals surface area (Å²) in [6.07, 6.45) is 2.83. The van der Waals surface area contributed by atoms with Gasteiger partial charge in [0.15, 0.2) is 24.7 Å². The van der Waals surface area contributed by atoms with Crippen LogP contribution in [0.25, 0.3) is 5.57 Å². The van der Waals surface area contributed by atoms with Crippen molar-refractivity contribution in [2.45, 2.75) is 13.3 Å². The number of esters is 1. The monoisotopic (exact) mass is 395 g/mol. The minimum atomic E-state index is -0.595. The zero-order valence-corrected chi connectivity index (χ0v) is 16.5. The highest BCUT2D eigenvalue weighted by atomic mass is 16.6. The fourth-order valence-corrected chi connectivity index (χ4v) is 3.07. The first-order valence-corrected chi connectivity index (χ1v) is 9.70. The molecule has 0 atom stereocenters. The Hall–Kier alpha value is -3.28. The van der Waals surface area contributed by atoms with E-state index in [2.05, 4.69) is 12.1 Å². The highest BCUT2D eigenvalue weighted by molar-refractivity contribution is 5.82. The van der Waals surface area contributed by atoms with Gasteiger partial charge in [0.2, 0.25) is 0 Å². The molecule has 3 rings (SSSR count). The molecule has 1 heterocycles. The lowest BCUT2D eigenvalue weighted by molar-refractivity contribution is -0.153. The molecule has 0 spiro atoms. The maximum absolute atomic E-state index is 12.3. The fraction of sp³-hybridized carbons (Fsp3) is 0.304. The Kier molecular flexibility index (Phi) is 7.28. The Bertz CT molecular complexity index is 863. The van der Waals surface area contributed by atoms with Gasteiger partial charge in [-0.3, -0.25) is 4.79 Å². The van der Waals surface area contributed by atoms with Crippen molar-refractivity contribution in [2.24, 2.45) is 0 Å². The minimum Gasteiger partial charge on any atom is -0.490 e. The molecule has 6 nitrogen and oxygen atoms in total. The van der Waals surface area contributed by atoms with Gasteiger partial charge in [-0.2, -0.15) is 0 Å². The third kappa shape index (κ3) is 5.85. The molecule has 1 aliphatic heterocycles. The van der Waals surface area contributed by atoms with E-state index >= 15 is 0 Å². The zero-order valence-electron chi connectivity index (χ0n) is 16.5. The fourth-order valence-electron chi connectivity index (χ4n) is 3.07. The number of carbonyl (C=O) groups is 2. The number of ether oxygens (including phenoxy) is 3. The van der Waals surface area contributed by atoms with E-state index in [1.54, 1.807) is 23.1 Å². The summed E-state index contributed by atoms with van der Waals surface area (Å²) in [6.45, 7) is 2.91. The molecular formula is C23H25NO5. The molecular weight excluding hydrogens is 370 g/mol. The summed E-state index contributed by atoms with van der Waals surface area (Å²) >= 11 is 0. The lowest BCUT2D eigenvalue weighted by atomic mass is 10.00. The van der Waals surface area contributed by atoms with Crippen LogP contribution >= 0.6 is 0 Å². The van der Waals surface area contributed by atoms with Gasteiger partial charge >= 0.3 is 5.97 Å². The molecule has 0 aromatic heterocycles. The Morgan fingerprint density at radius 1 is 0.931 bits per heavy atom.